The lowest BCUT2D eigenvalue weighted by Gasteiger charge is -2.06. The molecule has 0 radical (unpaired) electrons. The summed E-state index contributed by atoms with van der Waals surface area (Å²) in [6, 6.07) is 9.98. The van der Waals surface area contributed by atoms with Crippen LogP contribution >= 0.6 is 15.9 Å². The summed E-state index contributed by atoms with van der Waals surface area (Å²) in [6.07, 6.45) is 5.75. The van der Waals surface area contributed by atoms with Gasteiger partial charge in [0.05, 0.1) is 6.61 Å². The Morgan fingerprint density at radius 3 is 2.17 bits per heavy atom. The van der Waals surface area contributed by atoms with E-state index in [0.29, 0.717) is 0 Å². The first-order valence-electron chi connectivity index (χ1n) is 6.75. The van der Waals surface area contributed by atoms with Gasteiger partial charge in [0, 0.05) is 18.5 Å². The standard InChI is InChI=1S/C15H23BrO2/c16-11-5-8-13-17-12-6-2-7-14-18-15-9-3-1-4-10-15/h1,3-4,9-10H,2,5-8,11-14H2. The van der Waals surface area contributed by atoms with Gasteiger partial charge in [0.15, 0.2) is 0 Å². The Morgan fingerprint density at radius 1 is 0.778 bits per heavy atom. The maximum atomic E-state index is 5.62. The summed E-state index contributed by atoms with van der Waals surface area (Å²) in [5.41, 5.74) is 0. The number of halogens is 1. The number of hydrogen-bond acceptors (Lipinski definition) is 2. The van der Waals surface area contributed by atoms with Crippen LogP contribution in [0, 0.1) is 0 Å². The van der Waals surface area contributed by atoms with Gasteiger partial charge in [-0.3, -0.25) is 0 Å². The van der Waals surface area contributed by atoms with Crippen LogP contribution in [0.4, 0.5) is 0 Å². The van der Waals surface area contributed by atoms with Crippen molar-refractivity contribution in [1.29, 1.82) is 0 Å². The van der Waals surface area contributed by atoms with Crippen LogP contribution in [-0.4, -0.2) is 25.2 Å². The van der Waals surface area contributed by atoms with E-state index in [9.17, 15) is 0 Å². The fourth-order valence-corrected chi connectivity index (χ4v) is 1.99. The molecule has 18 heavy (non-hydrogen) atoms. The summed E-state index contributed by atoms with van der Waals surface area (Å²) in [4.78, 5) is 0. The van der Waals surface area contributed by atoms with E-state index >= 15 is 0 Å². The maximum Gasteiger partial charge on any atom is 0.119 e. The molecule has 0 heterocycles. The number of unbranched alkanes of at least 4 members (excludes halogenated alkanes) is 3. The van der Waals surface area contributed by atoms with Crippen molar-refractivity contribution in [1.82, 2.24) is 0 Å². The zero-order valence-electron chi connectivity index (χ0n) is 10.9. The summed E-state index contributed by atoms with van der Waals surface area (Å²) >= 11 is 3.41. The van der Waals surface area contributed by atoms with Crippen molar-refractivity contribution in [2.45, 2.75) is 32.1 Å². The van der Waals surface area contributed by atoms with Crippen LogP contribution in [0.5, 0.6) is 5.75 Å². The Balaban J connectivity index is 1.82. The highest BCUT2D eigenvalue weighted by Gasteiger charge is 1.93. The molecule has 0 atom stereocenters. The molecule has 0 aliphatic carbocycles. The number of ether oxygens (including phenoxy) is 2. The lowest BCUT2D eigenvalue weighted by Crippen LogP contribution is -2.00. The molecule has 0 aliphatic rings. The van der Waals surface area contributed by atoms with Crippen molar-refractivity contribution >= 4 is 15.9 Å². The topological polar surface area (TPSA) is 18.5 Å². The minimum absolute atomic E-state index is 0.799. The fraction of sp³-hybridized carbons (Fsp3) is 0.600. The highest BCUT2D eigenvalue weighted by molar-refractivity contribution is 9.09. The molecule has 0 N–H and O–H groups in total. The molecule has 1 aromatic carbocycles. The number of benzene rings is 1. The molecule has 0 aliphatic heterocycles. The van der Waals surface area contributed by atoms with Crippen molar-refractivity contribution < 1.29 is 9.47 Å². The van der Waals surface area contributed by atoms with Crippen molar-refractivity contribution in [3.8, 4) is 5.75 Å². The minimum Gasteiger partial charge on any atom is -0.494 e. The Kier molecular flexibility index (Phi) is 9.95. The average molecular weight is 315 g/mol. The Morgan fingerprint density at radius 2 is 1.44 bits per heavy atom. The van der Waals surface area contributed by atoms with Gasteiger partial charge < -0.3 is 9.47 Å². The van der Waals surface area contributed by atoms with E-state index in [0.717, 1.165) is 50.2 Å². The predicted octanol–water partition coefficient (Wildman–Crippen LogP) is 4.43. The molecule has 0 fully saturated rings. The highest BCUT2D eigenvalue weighted by atomic mass is 79.9. The van der Waals surface area contributed by atoms with E-state index in [1.54, 1.807) is 0 Å². The third-order valence-corrected chi connectivity index (χ3v) is 3.18. The summed E-state index contributed by atoms with van der Waals surface area (Å²) in [5, 5.41) is 1.08. The van der Waals surface area contributed by atoms with Gasteiger partial charge in [-0.05, 0) is 44.2 Å². The van der Waals surface area contributed by atoms with E-state index < -0.39 is 0 Å². The van der Waals surface area contributed by atoms with Crippen LogP contribution in [0.2, 0.25) is 0 Å². The Bertz CT molecular complexity index is 277. The smallest absolute Gasteiger partial charge is 0.119 e. The molecule has 1 aromatic rings. The van der Waals surface area contributed by atoms with Gasteiger partial charge in [-0.2, -0.15) is 0 Å². The van der Waals surface area contributed by atoms with Crippen LogP contribution in [0.15, 0.2) is 30.3 Å². The monoisotopic (exact) mass is 314 g/mol. The van der Waals surface area contributed by atoms with Crippen molar-refractivity contribution in [3.05, 3.63) is 30.3 Å². The molecule has 1 rings (SSSR count). The summed E-state index contributed by atoms with van der Waals surface area (Å²) in [7, 11) is 0. The molecular formula is C15H23BrO2. The first kappa shape index (κ1) is 15.5. The SMILES string of the molecule is BrCCCCOCCCCCOc1ccccc1. The molecular weight excluding hydrogens is 292 g/mol. The Labute approximate surface area is 119 Å². The molecule has 3 heteroatoms. The van der Waals surface area contributed by atoms with Crippen LogP contribution in [-0.2, 0) is 4.74 Å². The van der Waals surface area contributed by atoms with Crippen LogP contribution in [0.1, 0.15) is 32.1 Å². The third kappa shape index (κ3) is 8.54. The number of hydrogen-bond donors (Lipinski definition) is 0. The van der Waals surface area contributed by atoms with Gasteiger partial charge >= 0.3 is 0 Å². The fourth-order valence-electron chi connectivity index (χ4n) is 1.59. The molecule has 0 aromatic heterocycles. The van der Waals surface area contributed by atoms with E-state index in [2.05, 4.69) is 15.9 Å². The Hall–Kier alpha value is -0.540. The molecule has 0 amide bonds. The quantitative estimate of drug-likeness (QED) is 0.444. The van der Waals surface area contributed by atoms with Gasteiger partial charge in [0.25, 0.3) is 0 Å². The number of alkyl halides is 1. The van der Waals surface area contributed by atoms with E-state index in [1.165, 1.54) is 12.8 Å². The average Bonchev–Trinajstić information content (AvgIpc) is 2.42. The van der Waals surface area contributed by atoms with Crippen LogP contribution < -0.4 is 4.74 Å². The summed E-state index contributed by atoms with van der Waals surface area (Å²) in [6.45, 7) is 2.58. The minimum atomic E-state index is 0.799. The van der Waals surface area contributed by atoms with Crippen LogP contribution in [0.3, 0.4) is 0 Å². The van der Waals surface area contributed by atoms with Crippen LogP contribution in [0.25, 0.3) is 0 Å². The van der Waals surface area contributed by atoms with Gasteiger partial charge in [0.1, 0.15) is 5.75 Å². The van der Waals surface area contributed by atoms with E-state index in [-0.39, 0.29) is 0 Å². The first-order valence-corrected chi connectivity index (χ1v) is 7.87. The lowest BCUT2D eigenvalue weighted by molar-refractivity contribution is 0.126. The van der Waals surface area contributed by atoms with Crippen molar-refractivity contribution in [3.63, 3.8) is 0 Å². The summed E-state index contributed by atoms with van der Waals surface area (Å²) in [5.74, 6) is 0.962. The van der Waals surface area contributed by atoms with Crippen molar-refractivity contribution in [2.75, 3.05) is 25.2 Å². The van der Waals surface area contributed by atoms with E-state index in [1.807, 2.05) is 30.3 Å². The maximum absolute atomic E-state index is 5.62. The van der Waals surface area contributed by atoms with Gasteiger partial charge in [0.2, 0.25) is 0 Å². The predicted molar refractivity (Wildman–Crippen MR) is 79.6 cm³/mol. The molecule has 2 nitrogen and oxygen atoms in total. The second kappa shape index (κ2) is 11.5. The second-order valence-electron chi connectivity index (χ2n) is 4.23. The highest BCUT2D eigenvalue weighted by Crippen LogP contribution is 2.09. The second-order valence-corrected chi connectivity index (χ2v) is 5.02. The lowest BCUT2D eigenvalue weighted by atomic mass is 10.2. The molecule has 0 unspecified atom stereocenters. The van der Waals surface area contributed by atoms with Gasteiger partial charge in [-0.15, -0.1) is 0 Å². The zero-order valence-corrected chi connectivity index (χ0v) is 12.5. The van der Waals surface area contributed by atoms with E-state index in [4.69, 9.17) is 9.47 Å². The van der Waals surface area contributed by atoms with Crippen molar-refractivity contribution in [2.24, 2.45) is 0 Å². The zero-order chi connectivity index (χ0) is 12.9. The number of rotatable bonds is 11. The first-order chi connectivity index (χ1) is 8.93. The molecule has 0 bridgehead atoms. The van der Waals surface area contributed by atoms with Gasteiger partial charge in [-0.1, -0.05) is 34.1 Å². The molecule has 0 saturated heterocycles. The molecule has 0 saturated carbocycles. The third-order valence-electron chi connectivity index (χ3n) is 2.62. The normalized spacial score (nSPS) is 10.5. The number of para-hydroxylation sites is 1. The largest absolute Gasteiger partial charge is 0.494 e. The summed E-state index contributed by atoms with van der Waals surface area (Å²) < 4.78 is 11.2. The molecule has 102 valence electrons. The van der Waals surface area contributed by atoms with Gasteiger partial charge in [-0.25, -0.2) is 0 Å². The molecule has 0 spiro atoms.